The molecule has 4 nitrogen and oxygen atoms in total. The number of nitrogens with zero attached hydrogens (tertiary/aromatic N) is 1. The molecule has 1 saturated heterocycles. The summed E-state index contributed by atoms with van der Waals surface area (Å²) >= 11 is 3.41. The average Bonchev–Trinajstić information content (AvgIpc) is 2.92. The molecule has 1 aromatic rings. The number of halogens is 1. The fourth-order valence-electron chi connectivity index (χ4n) is 2.85. The van der Waals surface area contributed by atoms with Crippen molar-refractivity contribution in [2.45, 2.75) is 45.1 Å². The SMILES string of the molecule is C[C@@H](CCCCCBr)C(=O)N1C(=O)OCC1Cc1ccccc1. The number of carbonyl (C=O) groups excluding carboxylic acids is 2. The van der Waals surface area contributed by atoms with Crippen molar-refractivity contribution in [3.05, 3.63) is 35.9 Å². The third kappa shape index (κ3) is 5.06. The molecular weight excluding hydrogens is 358 g/mol. The fourth-order valence-corrected chi connectivity index (χ4v) is 3.25. The number of carbonyl (C=O) groups is 2. The zero-order valence-corrected chi connectivity index (χ0v) is 15.1. The molecule has 0 radical (unpaired) electrons. The number of imide groups is 1. The number of alkyl halides is 1. The number of rotatable bonds is 8. The first kappa shape index (κ1) is 18.0. The van der Waals surface area contributed by atoms with E-state index in [1.165, 1.54) is 4.90 Å². The van der Waals surface area contributed by atoms with E-state index in [4.69, 9.17) is 4.74 Å². The van der Waals surface area contributed by atoms with Crippen LogP contribution in [-0.2, 0) is 16.0 Å². The second kappa shape index (κ2) is 9.06. The van der Waals surface area contributed by atoms with E-state index in [0.717, 1.165) is 36.6 Å². The second-order valence-electron chi connectivity index (χ2n) is 6.07. The van der Waals surface area contributed by atoms with Crippen LogP contribution in [0.25, 0.3) is 0 Å². The van der Waals surface area contributed by atoms with E-state index < -0.39 is 6.09 Å². The van der Waals surface area contributed by atoms with Gasteiger partial charge in [-0.1, -0.05) is 66.0 Å². The standard InChI is InChI=1S/C18H24BrNO3/c1-14(8-4-3-7-11-19)17(21)20-16(13-23-18(20)22)12-15-9-5-2-6-10-15/h2,5-6,9-10,14,16H,3-4,7-8,11-13H2,1H3/t14-,16?/m0/s1. The van der Waals surface area contributed by atoms with Gasteiger partial charge in [-0.3, -0.25) is 4.79 Å². The third-order valence-electron chi connectivity index (χ3n) is 4.20. The molecule has 0 spiro atoms. The van der Waals surface area contributed by atoms with Crippen molar-refractivity contribution in [2.24, 2.45) is 5.92 Å². The zero-order chi connectivity index (χ0) is 16.7. The number of ether oxygens (including phenoxy) is 1. The van der Waals surface area contributed by atoms with Crippen molar-refractivity contribution in [1.29, 1.82) is 0 Å². The summed E-state index contributed by atoms with van der Waals surface area (Å²) in [5, 5.41) is 0.993. The van der Waals surface area contributed by atoms with Crippen LogP contribution in [0.3, 0.4) is 0 Å². The van der Waals surface area contributed by atoms with Crippen LogP contribution < -0.4 is 0 Å². The van der Waals surface area contributed by atoms with Crippen molar-refractivity contribution in [3.8, 4) is 0 Å². The second-order valence-corrected chi connectivity index (χ2v) is 6.86. The van der Waals surface area contributed by atoms with E-state index in [1.54, 1.807) is 0 Å². The molecule has 0 N–H and O–H groups in total. The quantitative estimate of drug-likeness (QED) is 0.501. The Bertz CT molecular complexity index is 520. The lowest BCUT2D eigenvalue weighted by Crippen LogP contribution is -2.43. The Morgan fingerprint density at radius 1 is 1.30 bits per heavy atom. The summed E-state index contributed by atoms with van der Waals surface area (Å²) in [5.74, 6) is -0.249. The lowest BCUT2D eigenvalue weighted by Gasteiger charge is -2.23. The van der Waals surface area contributed by atoms with E-state index >= 15 is 0 Å². The van der Waals surface area contributed by atoms with E-state index in [0.29, 0.717) is 6.42 Å². The van der Waals surface area contributed by atoms with Crippen LogP contribution in [0.5, 0.6) is 0 Å². The van der Waals surface area contributed by atoms with Gasteiger partial charge >= 0.3 is 6.09 Å². The van der Waals surface area contributed by atoms with E-state index in [2.05, 4.69) is 15.9 Å². The number of hydrogen-bond donors (Lipinski definition) is 0. The highest BCUT2D eigenvalue weighted by atomic mass is 79.9. The first-order valence-corrected chi connectivity index (χ1v) is 9.35. The molecule has 5 heteroatoms. The summed E-state index contributed by atoms with van der Waals surface area (Å²) < 4.78 is 5.12. The lowest BCUT2D eigenvalue weighted by atomic mass is 10.00. The summed E-state index contributed by atoms with van der Waals surface area (Å²) in [6.45, 7) is 2.19. The van der Waals surface area contributed by atoms with Gasteiger partial charge in [0.25, 0.3) is 0 Å². The minimum absolute atomic E-state index is 0.104. The van der Waals surface area contributed by atoms with Gasteiger partial charge in [0.1, 0.15) is 6.61 Å². The molecule has 0 aromatic heterocycles. The molecule has 1 aliphatic rings. The monoisotopic (exact) mass is 381 g/mol. The Balaban J connectivity index is 1.94. The number of hydrogen-bond acceptors (Lipinski definition) is 3. The highest BCUT2D eigenvalue weighted by Gasteiger charge is 2.39. The Labute approximate surface area is 146 Å². The molecule has 0 aliphatic carbocycles. The molecule has 2 rings (SSSR count). The van der Waals surface area contributed by atoms with Gasteiger partial charge < -0.3 is 4.74 Å². The molecule has 0 bridgehead atoms. The van der Waals surface area contributed by atoms with Gasteiger partial charge in [-0.25, -0.2) is 9.69 Å². The molecule has 0 saturated carbocycles. The highest BCUT2D eigenvalue weighted by molar-refractivity contribution is 9.09. The molecule has 23 heavy (non-hydrogen) atoms. The Hall–Kier alpha value is -1.36. The van der Waals surface area contributed by atoms with Gasteiger partial charge in [0.15, 0.2) is 0 Å². The number of amides is 2. The van der Waals surface area contributed by atoms with Crippen LogP contribution in [0.2, 0.25) is 0 Å². The summed E-state index contributed by atoms with van der Waals surface area (Å²) in [4.78, 5) is 25.9. The minimum Gasteiger partial charge on any atom is -0.447 e. The normalized spacial score (nSPS) is 18.8. The fraction of sp³-hybridized carbons (Fsp3) is 0.556. The molecule has 1 aromatic carbocycles. The molecule has 1 aliphatic heterocycles. The summed E-state index contributed by atoms with van der Waals surface area (Å²) in [6.07, 6.45) is 4.18. The van der Waals surface area contributed by atoms with Crippen LogP contribution in [0.4, 0.5) is 4.79 Å². The van der Waals surface area contributed by atoms with Gasteiger partial charge in [-0.2, -0.15) is 0 Å². The van der Waals surface area contributed by atoms with Crippen molar-refractivity contribution in [2.75, 3.05) is 11.9 Å². The number of cyclic esters (lactones) is 1. The Kier molecular flexibility index (Phi) is 7.09. The van der Waals surface area contributed by atoms with Crippen LogP contribution in [0, 0.1) is 5.92 Å². The Morgan fingerprint density at radius 2 is 2.04 bits per heavy atom. The molecule has 126 valence electrons. The van der Waals surface area contributed by atoms with Gasteiger partial charge in [-0.15, -0.1) is 0 Å². The predicted molar refractivity (Wildman–Crippen MR) is 93.6 cm³/mol. The van der Waals surface area contributed by atoms with Crippen LogP contribution in [-0.4, -0.2) is 34.9 Å². The van der Waals surface area contributed by atoms with Crippen LogP contribution in [0.1, 0.15) is 38.2 Å². The number of benzene rings is 1. The highest BCUT2D eigenvalue weighted by Crippen LogP contribution is 2.22. The van der Waals surface area contributed by atoms with Gasteiger partial charge in [-0.05, 0) is 24.8 Å². The maximum absolute atomic E-state index is 12.6. The molecule has 2 atom stereocenters. The molecule has 2 amide bonds. The van der Waals surface area contributed by atoms with Crippen molar-refractivity contribution < 1.29 is 14.3 Å². The first-order valence-electron chi connectivity index (χ1n) is 8.23. The van der Waals surface area contributed by atoms with Crippen LogP contribution >= 0.6 is 15.9 Å². The summed E-state index contributed by atoms with van der Waals surface area (Å²) in [5.41, 5.74) is 1.11. The van der Waals surface area contributed by atoms with Gasteiger partial charge in [0.2, 0.25) is 5.91 Å². The summed E-state index contributed by atoms with van der Waals surface area (Å²) in [6, 6.07) is 9.71. The maximum Gasteiger partial charge on any atom is 0.416 e. The number of unbranched alkanes of at least 4 members (excludes halogenated alkanes) is 2. The maximum atomic E-state index is 12.6. The van der Waals surface area contributed by atoms with Gasteiger partial charge in [0, 0.05) is 11.2 Å². The minimum atomic E-state index is -0.497. The van der Waals surface area contributed by atoms with E-state index in [1.807, 2.05) is 37.3 Å². The van der Waals surface area contributed by atoms with Crippen molar-refractivity contribution in [3.63, 3.8) is 0 Å². The van der Waals surface area contributed by atoms with Crippen molar-refractivity contribution >= 4 is 27.9 Å². The topological polar surface area (TPSA) is 46.6 Å². The molecular formula is C18H24BrNO3. The average molecular weight is 382 g/mol. The lowest BCUT2D eigenvalue weighted by molar-refractivity contribution is -0.133. The Morgan fingerprint density at radius 3 is 2.74 bits per heavy atom. The summed E-state index contributed by atoms with van der Waals surface area (Å²) in [7, 11) is 0. The molecule has 1 heterocycles. The predicted octanol–water partition coefficient (Wildman–Crippen LogP) is 4.17. The largest absolute Gasteiger partial charge is 0.447 e. The van der Waals surface area contributed by atoms with Gasteiger partial charge in [0.05, 0.1) is 6.04 Å². The van der Waals surface area contributed by atoms with Crippen molar-refractivity contribution in [1.82, 2.24) is 4.90 Å². The first-order chi connectivity index (χ1) is 11.1. The zero-order valence-electron chi connectivity index (χ0n) is 13.5. The van der Waals surface area contributed by atoms with E-state index in [-0.39, 0.29) is 24.5 Å². The third-order valence-corrected chi connectivity index (χ3v) is 4.77. The molecule has 1 fully saturated rings. The van der Waals surface area contributed by atoms with E-state index in [9.17, 15) is 9.59 Å². The smallest absolute Gasteiger partial charge is 0.416 e. The molecule has 1 unspecified atom stereocenters. The van der Waals surface area contributed by atoms with Crippen LogP contribution in [0.15, 0.2) is 30.3 Å².